The Labute approximate surface area is 135 Å². The molecule has 0 aliphatic heterocycles. The molecule has 0 spiro atoms. The largest absolute Gasteiger partial charge is 0.263 e. The highest BCUT2D eigenvalue weighted by Gasteiger charge is 2.14. The number of hydrogen-bond donors (Lipinski definition) is 0. The molecule has 0 atom stereocenters. The molecule has 23 heavy (non-hydrogen) atoms. The summed E-state index contributed by atoms with van der Waals surface area (Å²) < 4.78 is 16.7. The van der Waals surface area contributed by atoms with Gasteiger partial charge in [-0.15, -0.1) is 10.2 Å². The van der Waals surface area contributed by atoms with E-state index in [1.807, 2.05) is 24.6 Å². The van der Waals surface area contributed by atoms with Gasteiger partial charge >= 0.3 is 0 Å². The normalized spacial score (nSPS) is 11.4. The van der Waals surface area contributed by atoms with Crippen LogP contribution in [-0.4, -0.2) is 29.6 Å². The number of halogens is 1. The molecule has 0 saturated heterocycles. The molecule has 6 nitrogen and oxygen atoms in total. The van der Waals surface area contributed by atoms with Gasteiger partial charge in [-0.25, -0.2) is 4.39 Å². The molecule has 0 bridgehead atoms. The summed E-state index contributed by atoms with van der Waals surface area (Å²) >= 11 is 1.47. The molecule has 0 saturated carbocycles. The maximum Gasteiger partial charge on any atom is 0.235 e. The molecule has 0 aliphatic carbocycles. The van der Waals surface area contributed by atoms with Crippen LogP contribution in [0.5, 0.6) is 0 Å². The van der Waals surface area contributed by atoms with Crippen molar-refractivity contribution in [3.05, 3.63) is 52.5 Å². The van der Waals surface area contributed by atoms with Crippen LogP contribution >= 0.6 is 11.3 Å². The zero-order chi connectivity index (χ0) is 16.0. The van der Waals surface area contributed by atoms with Crippen molar-refractivity contribution < 1.29 is 4.39 Å². The van der Waals surface area contributed by atoms with Crippen LogP contribution in [0.1, 0.15) is 16.4 Å². The van der Waals surface area contributed by atoms with E-state index >= 15 is 0 Å². The molecular formula is C15H13FN6S. The van der Waals surface area contributed by atoms with Crippen LogP contribution in [0.3, 0.4) is 0 Å². The van der Waals surface area contributed by atoms with Crippen LogP contribution in [0.25, 0.3) is 16.3 Å². The molecule has 0 N–H and O–H groups in total. The highest BCUT2D eigenvalue weighted by atomic mass is 32.1. The lowest BCUT2D eigenvalue weighted by Crippen LogP contribution is -2.04. The van der Waals surface area contributed by atoms with Crippen molar-refractivity contribution in [3.63, 3.8) is 0 Å². The van der Waals surface area contributed by atoms with Crippen molar-refractivity contribution in [2.75, 3.05) is 0 Å². The second-order valence-corrected chi connectivity index (χ2v) is 6.35. The number of nitrogens with zero attached hydrogens (tertiary/aromatic N) is 6. The molecule has 4 aromatic rings. The van der Waals surface area contributed by atoms with Crippen molar-refractivity contribution in [1.82, 2.24) is 29.6 Å². The van der Waals surface area contributed by atoms with Gasteiger partial charge in [0.25, 0.3) is 0 Å². The Morgan fingerprint density at radius 3 is 2.57 bits per heavy atom. The molecule has 4 rings (SSSR count). The smallest absolute Gasteiger partial charge is 0.235 e. The molecule has 0 aliphatic rings. The van der Waals surface area contributed by atoms with Crippen LogP contribution < -0.4 is 0 Å². The Morgan fingerprint density at radius 2 is 1.87 bits per heavy atom. The fourth-order valence-electron chi connectivity index (χ4n) is 2.46. The molecule has 3 aromatic heterocycles. The quantitative estimate of drug-likeness (QED) is 0.580. The molecule has 0 unspecified atom stereocenters. The SMILES string of the molecule is Cc1cc(C)n(Cc2nn3c(-c4ccc(F)cc4)nnc3s2)n1. The summed E-state index contributed by atoms with van der Waals surface area (Å²) in [4.78, 5) is 0.709. The zero-order valence-corrected chi connectivity index (χ0v) is 13.4. The number of benzene rings is 1. The topological polar surface area (TPSA) is 60.9 Å². The number of aryl methyl sites for hydroxylation is 2. The second-order valence-electron chi connectivity index (χ2n) is 5.31. The average molecular weight is 328 g/mol. The van der Waals surface area contributed by atoms with Gasteiger partial charge < -0.3 is 0 Å². The van der Waals surface area contributed by atoms with E-state index in [4.69, 9.17) is 0 Å². The second kappa shape index (κ2) is 5.24. The summed E-state index contributed by atoms with van der Waals surface area (Å²) in [6, 6.07) is 8.18. The number of fused-ring (bicyclic) bond motifs is 1. The van der Waals surface area contributed by atoms with Crippen LogP contribution in [0.4, 0.5) is 4.39 Å². The Hall–Kier alpha value is -2.61. The minimum absolute atomic E-state index is 0.280. The van der Waals surface area contributed by atoms with Crippen LogP contribution in [-0.2, 0) is 6.54 Å². The van der Waals surface area contributed by atoms with Crippen LogP contribution in [0.2, 0.25) is 0 Å². The Balaban J connectivity index is 1.71. The zero-order valence-electron chi connectivity index (χ0n) is 12.6. The maximum absolute atomic E-state index is 13.1. The number of hydrogen-bond acceptors (Lipinski definition) is 5. The van der Waals surface area contributed by atoms with Crippen molar-refractivity contribution >= 4 is 16.3 Å². The van der Waals surface area contributed by atoms with Gasteiger partial charge in [-0.05, 0) is 44.2 Å². The summed E-state index contributed by atoms with van der Waals surface area (Å²) in [6.45, 7) is 4.58. The lowest BCUT2D eigenvalue weighted by atomic mass is 10.2. The molecule has 3 heterocycles. The highest BCUT2D eigenvalue weighted by molar-refractivity contribution is 7.16. The third-order valence-electron chi connectivity index (χ3n) is 3.52. The molecule has 0 fully saturated rings. The van der Waals surface area contributed by atoms with Gasteiger partial charge in [-0.2, -0.15) is 14.7 Å². The minimum atomic E-state index is -0.280. The number of rotatable bonds is 3. The third kappa shape index (κ3) is 2.50. The Kier molecular flexibility index (Phi) is 3.19. The van der Waals surface area contributed by atoms with Gasteiger partial charge in [0, 0.05) is 11.3 Å². The predicted molar refractivity (Wildman–Crippen MR) is 84.9 cm³/mol. The van der Waals surface area contributed by atoms with Crippen molar-refractivity contribution in [2.45, 2.75) is 20.4 Å². The molecule has 0 radical (unpaired) electrons. The van der Waals surface area contributed by atoms with E-state index in [1.54, 1.807) is 16.6 Å². The fraction of sp³-hybridized carbons (Fsp3) is 0.200. The van der Waals surface area contributed by atoms with E-state index < -0.39 is 0 Å². The monoisotopic (exact) mass is 328 g/mol. The fourth-order valence-corrected chi connectivity index (χ4v) is 3.28. The predicted octanol–water partition coefficient (Wildman–Crippen LogP) is 2.85. The standard InChI is InChI=1S/C15H13FN6S/c1-9-7-10(2)21(19-9)8-13-20-22-14(17-18-15(22)23-13)11-3-5-12(16)6-4-11/h3-7H,8H2,1-2H3. The van der Waals surface area contributed by atoms with Crippen molar-refractivity contribution in [2.24, 2.45) is 0 Å². The van der Waals surface area contributed by atoms with E-state index in [2.05, 4.69) is 20.4 Å². The van der Waals surface area contributed by atoms with E-state index in [1.165, 1.54) is 23.5 Å². The molecule has 1 aromatic carbocycles. The van der Waals surface area contributed by atoms with Crippen LogP contribution in [0, 0.1) is 19.7 Å². The summed E-state index contributed by atoms with van der Waals surface area (Å²) in [5.74, 6) is 0.328. The summed E-state index contributed by atoms with van der Waals surface area (Å²) in [7, 11) is 0. The van der Waals surface area contributed by atoms with Crippen molar-refractivity contribution in [3.8, 4) is 11.4 Å². The molecule has 8 heteroatoms. The molecule has 116 valence electrons. The van der Waals surface area contributed by atoms with Gasteiger partial charge in [0.15, 0.2) is 5.82 Å². The van der Waals surface area contributed by atoms with E-state index in [9.17, 15) is 4.39 Å². The first-order valence-electron chi connectivity index (χ1n) is 7.08. The van der Waals surface area contributed by atoms with E-state index in [0.717, 1.165) is 22.0 Å². The Bertz CT molecular complexity index is 981. The Morgan fingerprint density at radius 1 is 1.09 bits per heavy atom. The minimum Gasteiger partial charge on any atom is -0.263 e. The first-order chi connectivity index (χ1) is 11.1. The average Bonchev–Trinajstić information content (AvgIpc) is 3.15. The van der Waals surface area contributed by atoms with E-state index in [0.29, 0.717) is 17.3 Å². The lowest BCUT2D eigenvalue weighted by molar-refractivity contribution is 0.628. The van der Waals surface area contributed by atoms with Gasteiger partial charge in [-0.3, -0.25) is 4.68 Å². The van der Waals surface area contributed by atoms with Gasteiger partial charge in [-0.1, -0.05) is 11.3 Å². The number of aromatic nitrogens is 6. The van der Waals surface area contributed by atoms with Crippen molar-refractivity contribution in [1.29, 1.82) is 0 Å². The van der Waals surface area contributed by atoms with Gasteiger partial charge in [0.1, 0.15) is 10.8 Å². The first kappa shape index (κ1) is 14.0. The van der Waals surface area contributed by atoms with Gasteiger partial charge in [0.05, 0.1) is 12.2 Å². The summed E-state index contributed by atoms with van der Waals surface area (Å²) in [5.41, 5.74) is 2.85. The first-order valence-corrected chi connectivity index (χ1v) is 7.90. The summed E-state index contributed by atoms with van der Waals surface area (Å²) in [5, 5.41) is 18.2. The highest BCUT2D eigenvalue weighted by Crippen LogP contribution is 2.22. The molecular weight excluding hydrogens is 315 g/mol. The lowest BCUT2D eigenvalue weighted by Gasteiger charge is -2.00. The maximum atomic E-state index is 13.1. The third-order valence-corrected chi connectivity index (χ3v) is 4.41. The van der Waals surface area contributed by atoms with Gasteiger partial charge in [0.2, 0.25) is 4.96 Å². The van der Waals surface area contributed by atoms with E-state index in [-0.39, 0.29) is 5.82 Å². The summed E-state index contributed by atoms with van der Waals surface area (Å²) in [6.07, 6.45) is 0. The van der Waals surface area contributed by atoms with Crippen LogP contribution in [0.15, 0.2) is 30.3 Å². The molecule has 0 amide bonds.